The fourth-order valence-corrected chi connectivity index (χ4v) is 1.64. The van der Waals surface area contributed by atoms with Crippen molar-refractivity contribution in [2.24, 2.45) is 5.73 Å². The van der Waals surface area contributed by atoms with Crippen molar-refractivity contribution in [3.05, 3.63) is 35.4 Å². The molecule has 1 aromatic rings. The van der Waals surface area contributed by atoms with E-state index in [2.05, 4.69) is 0 Å². The molecular formula is C11H11F2NO. The van der Waals surface area contributed by atoms with Crippen LogP contribution in [0.1, 0.15) is 23.5 Å². The minimum Gasteiger partial charge on any atom is -0.369 e. The van der Waals surface area contributed by atoms with E-state index in [-0.39, 0.29) is 12.8 Å². The Hall–Kier alpha value is -1.45. The third-order valence-electron chi connectivity index (χ3n) is 2.59. The van der Waals surface area contributed by atoms with E-state index in [1.54, 1.807) is 24.3 Å². The Labute approximate surface area is 86.1 Å². The van der Waals surface area contributed by atoms with Gasteiger partial charge in [-0.15, -0.1) is 0 Å². The van der Waals surface area contributed by atoms with Gasteiger partial charge < -0.3 is 5.73 Å². The van der Waals surface area contributed by atoms with Crippen LogP contribution in [0.25, 0.3) is 0 Å². The molecule has 1 atom stereocenters. The standard InChI is InChI=1S/C11H11F2NO/c12-11(13)6-9(11)8-3-1-7(2-4-8)5-10(14)15/h1-4,9H,5-6H2,(H2,14,15). The number of hydrogen-bond donors (Lipinski definition) is 1. The lowest BCUT2D eigenvalue weighted by Crippen LogP contribution is -2.13. The molecule has 0 radical (unpaired) electrons. The van der Waals surface area contributed by atoms with Crippen LogP contribution in [-0.4, -0.2) is 11.8 Å². The molecule has 1 amide bonds. The Morgan fingerprint density at radius 1 is 1.40 bits per heavy atom. The van der Waals surface area contributed by atoms with Gasteiger partial charge in [-0.1, -0.05) is 24.3 Å². The molecule has 0 bridgehead atoms. The van der Waals surface area contributed by atoms with Gasteiger partial charge in [-0.3, -0.25) is 4.79 Å². The van der Waals surface area contributed by atoms with Crippen molar-refractivity contribution < 1.29 is 13.6 Å². The van der Waals surface area contributed by atoms with Crippen LogP contribution in [0.5, 0.6) is 0 Å². The van der Waals surface area contributed by atoms with Crippen LogP contribution in [-0.2, 0) is 11.2 Å². The molecule has 80 valence electrons. The van der Waals surface area contributed by atoms with Crippen LogP contribution >= 0.6 is 0 Å². The Morgan fingerprint density at radius 2 is 1.93 bits per heavy atom. The van der Waals surface area contributed by atoms with Crippen LogP contribution in [0.2, 0.25) is 0 Å². The van der Waals surface area contributed by atoms with E-state index in [0.717, 1.165) is 5.56 Å². The number of benzene rings is 1. The Kier molecular flexibility index (Phi) is 2.21. The van der Waals surface area contributed by atoms with E-state index in [1.165, 1.54) is 0 Å². The fraction of sp³-hybridized carbons (Fsp3) is 0.364. The monoisotopic (exact) mass is 211 g/mol. The van der Waals surface area contributed by atoms with Gasteiger partial charge in [0.15, 0.2) is 0 Å². The maximum atomic E-state index is 12.7. The summed E-state index contributed by atoms with van der Waals surface area (Å²) in [6, 6.07) is 6.64. The Bertz CT molecular complexity index is 386. The molecule has 1 aromatic carbocycles. The lowest BCUT2D eigenvalue weighted by molar-refractivity contribution is -0.117. The van der Waals surface area contributed by atoms with E-state index in [0.29, 0.717) is 5.56 Å². The third-order valence-corrected chi connectivity index (χ3v) is 2.59. The average molecular weight is 211 g/mol. The zero-order valence-corrected chi connectivity index (χ0v) is 8.04. The number of primary amides is 1. The van der Waals surface area contributed by atoms with E-state index in [1.807, 2.05) is 0 Å². The van der Waals surface area contributed by atoms with Gasteiger partial charge in [-0.25, -0.2) is 8.78 Å². The molecule has 0 spiro atoms. The molecule has 15 heavy (non-hydrogen) atoms. The SMILES string of the molecule is NC(=O)Cc1ccc(C2CC2(F)F)cc1. The predicted octanol–water partition coefficient (Wildman–Crippen LogP) is 1.84. The molecule has 1 unspecified atom stereocenters. The topological polar surface area (TPSA) is 43.1 Å². The van der Waals surface area contributed by atoms with Gasteiger partial charge in [0.2, 0.25) is 5.91 Å². The molecule has 1 saturated carbocycles. The quantitative estimate of drug-likeness (QED) is 0.814. The van der Waals surface area contributed by atoms with Crippen molar-refractivity contribution in [1.82, 2.24) is 0 Å². The second-order valence-corrected chi connectivity index (χ2v) is 3.90. The van der Waals surface area contributed by atoms with Crippen molar-refractivity contribution in [3.8, 4) is 0 Å². The molecule has 0 aliphatic heterocycles. The summed E-state index contributed by atoms with van der Waals surface area (Å²) in [6.07, 6.45) is 0.0868. The van der Waals surface area contributed by atoms with E-state index < -0.39 is 17.7 Å². The summed E-state index contributed by atoms with van der Waals surface area (Å²) in [5.74, 6) is -3.59. The minimum absolute atomic E-state index is 0.0673. The number of rotatable bonds is 3. The fourth-order valence-electron chi connectivity index (χ4n) is 1.64. The highest BCUT2D eigenvalue weighted by molar-refractivity contribution is 5.76. The summed E-state index contributed by atoms with van der Waals surface area (Å²) in [6.45, 7) is 0. The Balaban J connectivity index is 2.08. The number of hydrogen-bond acceptors (Lipinski definition) is 1. The van der Waals surface area contributed by atoms with Gasteiger partial charge in [-0.05, 0) is 11.1 Å². The molecule has 2 nitrogen and oxygen atoms in total. The highest BCUT2D eigenvalue weighted by atomic mass is 19.3. The van der Waals surface area contributed by atoms with Crippen LogP contribution in [0.15, 0.2) is 24.3 Å². The maximum absolute atomic E-state index is 12.7. The Morgan fingerprint density at radius 3 is 2.33 bits per heavy atom. The van der Waals surface area contributed by atoms with Crippen molar-refractivity contribution in [3.63, 3.8) is 0 Å². The van der Waals surface area contributed by atoms with Crippen LogP contribution in [0.4, 0.5) is 8.78 Å². The number of carbonyl (C=O) groups excluding carboxylic acids is 1. The lowest BCUT2D eigenvalue weighted by atomic mass is 10.1. The third kappa shape index (κ3) is 2.14. The molecule has 1 aliphatic rings. The second-order valence-electron chi connectivity index (χ2n) is 3.90. The number of amides is 1. The van der Waals surface area contributed by atoms with E-state index in [9.17, 15) is 13.6 Å². The summed E-state index contributed by atoms with van der Waals surface area (Å²) < 4.78 is 25.4. The summed E-state index contributed by atoms with van der Waals surface area (Å²) in [5, 5.41) is 0. The molecule has 1 fully saturated rings. The van der Waals surface area contributed by atoms with Crippen LogP contribution < -0.4 is 5.73 Å². The first-order valence-corrected chi connectivity index (χ1v) is 4.74. The number of nitrogens with two attached hydrogens (primary N) is 1. The summed E-state index contributed by atoms with van der Waals surface area (Å²) in [4.78, 5) is 10.6. The van der Waals surface area contributed by atoms with Crippen LogP contribution in [0.3, 0.4) is 0 Å². The van der Waals surface area contributed by atoms with Gasteiger partial charge in [0.25, 0.3) is 5.92 Å². The molecule has 2 N–H and O–H groups in total. The van der Waals surface area contributed by atoms with Gasteiger partial charge in [0, 0.05) is 6.42 Å². The largest absolute Gasteiger partial charge is 0.369 e. The van der Waals surface area contributed by atoms with Gasteiger partial charge >= 0.3 is 0 Å². The lowest BCUT2D eigenvalue weighted by Gasteiger charge is -2.01. The molecule has 0 heterocycles. The molecule has 4 heteroatoms. The summed E-state index contributed by atoms with van der Waals surface area (Å²) >= 11 is 0. The highest BCUT2D eigenvalue weighted by Crippen LogP contribution is 2.55. The number of carbonyl (C=O) groups is 1. The molecule has 1 aliphatic carbocycles. The zero-order chi connectivity index (χ0) is 11.1. The number of alkyl halides is 2. The predicted molar refractivity (Wildman–Crippen MR) is 51.6 cm³/mol. The normalized spacial score (nSPS) is 22.4. The zero-order valence-electron chi connectivity index (χ0n) is 8.04. The van der Waals surface area contributed by atoms with Crippen LogP contribution in [0, 0.1) is 0 Å². The van der Waals surface area contributed by atoms with Crippen molar-refractivity contribution >= 4 is 5.91 Å². The minimum atomic E-state index is -2.54. The van der Waals surface area contributed by atoms with Gasteiger partial charge in [0.05, 0.1) is 12.3 Å². The van der Waals surface area contributed by atoms with Crippen molar-refractivity contribution in [1.29, 1.82) is 0 Å². The van der Waals surface area contributed by atoms with Gasteiger partial charge in [-0.2, -0.15) is 0 Å². The average Bonchev–Trinajstić information content (AvgIpc) is 2.75. The van der Waals surface area contributed by atoms with E-state index in [4.69, 9.17) is 5.73 Å². The smallest absolute Gasteiger partial charge is 0.255 e. The van der Waals surface area contributed by atoms with Crippen molar-refractivity contribution in [2.45, 2.75) is 24.7 Å². The first kappa shape index (κ1) is 10.1. The second kappa shape index (κ2) is 3.29. The molecular weight excluding hydrogens is 200 g/mol. The first-order valence-electron chi connectivity index (χ1n) is 4.74. The summed E-state index contributed by atoms with van der Waals surface area (Å²) in [5.41, 5.74) is 6.41. The summed E-state index contributed by atoms with van der Waals surface area (Å²) in [7, 11) is 0. The van der Waals surface area contributed by atoms with Crippen molar-refractivity contribution in [2.75, 3.05) is 0 Å². The molecule has 2 rings (SSSR count). The molecule has 0 aromatic heterocycles. The van der Waals surface area contributed by atoms with E-state index >= 15 is 0 Å². The maximum Gasteiger partial charge on any atom is 0.255 e. The number of halogens is 2. The van der Waals surface area contributed by atoms with Gasteiger partial charge in [0.1, 0.15) is 0 Å². The highest BCUT2D eigenvalue weighted by Gasteiger charge is 2.57. The molecule has 0 saturated heterocycles. The first-order chi connectivity index (χ1) is 6.99.